The van der Waals surface area contributed by atoms with Crippen LogP contribution in [0.2, 0.25) is 0 Å². The highest BCUT2D eigenvalue weighted by molar-refractivity contribution is 7.95. The van der Waals surface area contributed by atoms with Crippen LogP contribution < -0.4 is 4.72 Å². The van der Waals surface area contributed by atoms with E-state index in [1.165, 1.54) is 5.56 Å². The lowest BCUT2D eigenvalue weighted by atomic mass is 10.1. The minimum absolute atomic E-state index is 0.539. The second-order valence-corrected chi connectivity index (χ2v) is 5.80. The fraction of sp³-hybridized carbons (Fsp3) is 0.0667. The van der Waals surface area contributed by atoms with Crippen molar-refractivity contribution < 1.29 is 8.42 Å². The summed E-state index contributed by atoms with van der Waals surface area (Å²) in [6, 6.07) is 17.4. The van der Waals surface area contributed by atoms with Gasteiger partial charge in [-0.2, -0.15) is 0 Å². The van der Waals surface area contributed by atoms with E-state index in [1.807, 2.05) is 30.3 Å². The van der Waals surface area contributed by atoms with Crippen LogP contribution in [0.3, 0.4) is 0 Å². The first-order valence-electron chi connectivity index (χ1n) is 5.87. The molecule has 0 saturated carbocycles. The summed E-state index contributed by atoms with van der Waals surface area (Å²) >= 11 is 0. The van der Waals surface area contributed by atoms with Crippen LogP contribution in [0.5, 0.6) is 0 Å². The second-order valence-electron chi connectivity index (χ2n) is 4.17. The van der Waals surface area contributed by atoms with Gasteiger partial charge in [0.25, 0.3) is 10.0 Å². The molecular weight excluding hydrogens is 258 g/mol. The lowest BCUT2D eigenvalue weighted by molar-refractivity contribution is 0.609. The Balaban J connectivity index is 2.09. The molecule has 0 aliphatic carbocycles. The molecule has 0 bridgehead atoms. The van der Waals surface area contributed by atoms with E-state index in [-0.39, 0.29) is 0 Å². The van der Waals surface area contributed by atoms with Gasteiger partial charge >= 0.3 is 0 Å². The first-order valence-corrected chi connectivity index (χ1v) is 7.42. The fourth-order valence-corrected chi connectivity index (χ4v) is 2.28. The highest BCUT2D eigenvalue weighted by Crippen LogP contribution is 2.14. The lowest BCUT2D eigenvalue weighted by Crippen LogP contribution is -2.08. The van der Waals surface area contributed by atoms with Gasteiger partial charge in [0.2, 0.25) is 0 Å². The summed E-state index contributed by atoms with van der Waals surface area (Å²) in [7, 11) is -3.43. The summed E-state index contributed by atoms with van der Waals surface area (Å²) in [5.74, 6) is 0. The van der Waals surface area contributed by atoms with E-state index in [2.05, 4.69) is 23.4 Å². The van der Waals surface area contributed by atoms with E-state index in [0.29, 0.717) is 5.69 Å². The Morgan fingerprint density at radius 3 is 2.11 bits per heavy atom. The van der Waals surface area contributed by atoms with Crippen molar-refractivity contribution in [1.29, 1.82) is 0 Å². The van der Waals surface area contributed by atoms with E-state index in [0.717, 1.165) is 17.4 Å². The van der Waals surface area contributed by atoms with Crippen molar-refractivity contribution in [3.05, 3.63) is 77.7 Å². The highest BCUT2D eigenvalue weighted by atomic mass is 32.2. The van der Waals surface area contributed by atoms with Crippen LogP contribution in [-0.4, -0.2) is 8.42 Å². The highest BCUT2D eigenvalue weighted by Gasteiger charge is 2.04. The van der Waals surface area contributed by atoms with Gasteiger partial charge in [0.1, 0.15) is 0 Å². The van der Waals surface area contributed by atoms with E-state index < -0.39 is 10.0 Å². The predicted octanol–water partition coefficient (Wildman–Crippen LogP) is 3.16. The smallest absolute Gasteiger partial charge is 0.254 e. The van der Waals surface area contributed by atoms with Crippen molar-refractivity contribution in [2.75, 3.05) is 4.72 Å². The predicted molar refractivity (Wildman–Crippen MR) is 78.4 cm³/mol. The van der Waals surface area contributed by atoms with Crippen molar-refractivity contribution in [1.82, 2.24) is 0 Å². The molecule has 2 aromatic carbocycles. The van der Waals surface area contributed by atoms with E-state index in [1.54, 1.807) is 12.1 Å². The maximum Gasteiger partial charge on any atom is 0.254 e. The van der Waals surface area contributed by atoms with Crippen LogP contribution in [-0.2, 0) is 16.4 Å². The number of rotatable bonds is 5. The van der Waals surface area contributed by atoms with Crippen molar-refractivity contribution in [2.24, 2.45) is 0 Å². The van der Waals surface area contributed by atoms with Gasteiger partial charge in [-0.15, -0.1) is 0 Å². The monoisotopic (exact) mass is 273 g/mol. The van der Waals surface area contributed by atoms with Crippen LogP contribution in [0.4, 0.5) is 5.69 Å². The summed E-state index contributed by atoms with van der Waals surface area (Å²) in [4.78, 5) is 0. The third kappa shape index (κ3) is 3.96. The van der Waals surface area contributed by atoms with Crippen LogP contribution in [0, 0.1) is 0 Å². The molecule has 0 unspecified atom stereocenters. The first kappa shape index (κ1) is 13.4. The van der Waals surface area contributed by atoms with Crippen molar-refractivity contribution in [3.8, 4) is 0 Å². The molecule has 0 radical (unpaired) electrons. The van der Waals surface area contributed by atoms with Gasteiger partial charge in [-0.3, -0.25) is 4.72 Å². The Hall–Kier alpha value is -2.07. The SMILES string of the molecule is C=CS(=O)(=O)Nc1ccc(Cc2ccccc2)cc1. The zero-order chi connectivity index (χ0) is 13.7. The van der Waals surface area contributed by atoms with Gasteiger partial charge in [-0.25, -0.2) is 8.42 Å². The van der Waals surface area contributed by atoms with Crippen molar-refractivity contribution in [3.63, 3.8) is 0 Å². The molecule has 0 aliphatic rings. The first-order chi connectivity index (χ1) is 9.09. The standard InChI is InChI=1S/C15H15NO2S/c1-2-19(17,18)16-15-10-8-14(9-11-15)12-13-6-4-3-5-7-13/h2-11,16H,1,12H2. The van der Waals surface area contributed by atoms with Crippen LogP contribution in [0.25, 0.3) is 0 Å². The molecule has 19 heavy (non-hydrogen) atoms. The van der Waals surface area contributed by atoms with Crippen molar-refractivity contribution in [2.45, 2.75) is 6.42 Å². The summed E-state index contributed by atoms with van der Waals surface area (Å²) in [5, 5.41) is 0.894. The molecule has 2 aromatic rings. The maximum atomic E-state index is 11.3. The Bertz CT molecular complexity index is 646. The average Bonchev–Trinajstić information content (AvgIpc) is 2.42. The Morgan fingerprint density at radius 2 is 1.53 bits per heavy atom. The van der Waals surface area contributed by atoms with Crippen LogP contribution in [0.15, 0.2) is 66.6 Å². The fourth-order valence-electron chi connectivity index (χ4n) is 1.73. The minimum Gasteiger partial charge on any atom is -0.280 e. The Morgan fingerprint density at radius 1 is 0.947 bits per heavy atom. The second kappa shape index (κ2) is 5.71. The molecule has 2 rings (SSSR count). The number of hydrogen-bond acceptors (Lipinski definition) is 2. The number of sulfonamides is 1. The molecule has 0 aliphatic heterocycles. The largest absolute Gasteiger partial charge is 0.280 e. The summed E-state index contributed by atoms with van der Waals surface area (Å²) < 4.78 is 25.0. The molecule has 4 heteroatoms. The Labute approximate surface area is 113 Å². The van der Waals surface area contributed by atoms with E-state index in [4.69, 9.17) is 0 Å². The topological polar surface area (TPSA) is 46.2 Å². The molecule has 0 saturated heterocycles. The van der Waals surface area contributed by atoms with Gasteiger partial charge in [-0.05, 0) is 29.7 Å². The maximum absolute atomic E-state index is 11.3. The molecule has 0 atom stereocenters. The van der Waals surface area contributed by atoms with Gasteiger partial charge in [-0.1, -0.05) is 49.0 Å². The van der Waals surface area contributed by atoms with Gasteiger partial charge in [0.05, 0.1) is 0 Å². The average molecular weight is 273 g/mol. The third-order valence-corrected chi connectivity index (χ3v) is 3.64. The third-order valence-electron chi connectivity index (χ3n) is 2.68. The van der Waals surface area contributed by atoms with E-state index in [9.17, 15) is 8.42 Å². The van der Waals surface area contributed by atoms with Gasteiger partial charge in [0.15, 0.2) is 0 Å². The normalized spacial score (nSPS) is 10.9. The molecule has 0 heterocycles. The summed E-state index contributed by atoms with van der Waals surface area (Å²) in [5.41, 5.74) is 2.89. The zero-order valence-corrected chi connectivity index (χ0v) is 11.2. The van der Waals surface area contributed by atoms with Gasteiger partial charge < -0.3 is 0 Å². The molecule has 0 amide bonds. The van der Waals surface area contributed by atoms with Crippen LogP contribution >= 0.6 is 0 Å². The molecule has 98 valence electrons. The molecule has 3 nitrogen and oxygen atoms in total. The molecule has 1 N–H and O–H groups in total. The molecular formula is C15H15NO2S. The van der Waals surface area contributed by atoms with Crippen molar-refractivity contribution >= 4 is 15.7 Å². The number of hydrogen-bond donors (Lipinski definition) is 1. The Kier molecular flexibility index (Phi) is 4.02. The number of nitrogens with one attached hydrogen (secondary N) is 1. The van der Waals surface area contributed by atoms with Crippen LogP contribution in [0.1, 0.15) is 11.1 Å². The zero-order valence-electron chi connectivity index (χ0n) is 10.4. The summed E-state index contributed by atoms with van der Waals surface area (Å²) in [6.07, 6.45) is 0.829. The quantitative estimate of drug-likeness (QED) is 0.909. The number of anilines is 1. The number of benzene rings is 2. The lowest BCUT2D eigenvalue weighted by Gasteiger charge is -2.06. The molecule has 0 spiro atoms. The van der Waals surface area contributed by atoms with E-state index >= 15 is 0 Å². The molecule has 0 aromatic heterocycles. The minimum atomic E-state index is -3.43. The summed E-state index contributed by atoms with van der Waals surface area (Å²) in [6.45, 7) is 3.25. The van der Waals surface area contributed by atoms with Gasteiger partial charge in [0, 0.05) is 11.1 Å². The molecule has 0 fully saturated rings.